The average molecular weight is 454 g/mol. The van der Waals surface area contributed by atoms with Gasteiger partial charge in [-0.15, -0.1) is 0 Å². The SMILES string of the molecule is CN(C)Cc1c(C=CC2CC2)ccc2c(CCC3CCN(C(=O)OC(C)(C)C)CC3)noc12. The zero-order chi connectivity index (χ0) is 23.6. The number of amides is 1. The third kappa shape index (κ3) is 6.38. The van der Waals surface area contributed by atoms with Crippen molar-refractivity contribution < 1.29 is 14.1 Å². The Bertz CT molecular complexity index is 990. The van der Waals surface area contributed by atoms with E-state index < -0.39 is 5.60 Å². The van der Waals surface area contributed by atoms with E-state index in [9.17, 15) is 4.79 Å². The molecule has 2 fully saturated rings. The van der Waals surface area contributed by atoms with Crippen LogP contribution in [0.15, 0.2) is 22.7 Å². The van der Waals surface area contributed by atoms with Gasteiger partial charge in [-0.1, -0.05) is 23.4 Å². The molecule has 2 heterocycles. The van der Waals surface area contributed by atoms with Crippen LogP contribution in [0.2, 0.25) is 0 Å². The smallest absolute Gasteiger partial charge is 0.410 e. The van der Waals surface area contributed by atoms with Crippen molar-refractivity contribution in [1.29, 1.82) is 0 Å². The molecular formula is C27H39N3O3. The Labute approximate surface area is 197 Å². The van der Waals surface area contributed by atoms with Crippen molar-refractivity contribution in [2.45, 2.75) is 71.4 Å². The Kier molecular flexibility index (Phi) is 7.13. The number of aryl methyl sites for hydroxylation is 1. The Morgan fingerprint density at radius 3 is 2.58 bits per heavy atom. The van der Waals surface area contributed by atoms with Crippen LogP contribution in [0.3, 0.4) is 0 Å². The molecule has 0 spiro atoms. The minimum Gasteiger partial charge on any atom is -0.444 e. The highest BCUT2D eigenvalue weighted by Crippen LogP contribution is 2.33. The van der Waals surface area contributed by atoms with E-state index >= 15 is 0 Å². The number of rotatable bonds is 7. The quantitative estimate of drug-likeness (QED) is 0.523. The molecule has 4 rings (SSSR count). The predicted molar refractivity (Wildman–Crippen MR) is 132 cm³/mol. The number of hydrogen-bond donors (Lipinski definition) is 0. The lowest BCUT2D eigenvalue weighted by Crippen LogP contribution is -2.41. The second kappa shape index (κ2) is 9.88. The van der Waals surface area contributed by atoms with Gasteiger partial charge in [0.2, 0.25) is 0 Å². The van der Waals surface area contributed by atoms with Crippen LogP contribution in [0.5, 0.6) is 0 Å². The molecule has 1 aliphatic carbocycles. The standard InChI is InChI=1S/C27H39N3O3/c1-27(2,3)32-26(31)30-16-14-20(15-17-30)9-13-24-22-12-11-21(10-8-19-6-7-19)23(18-29(4)5)25(22)33-28-24/h8,10-12,19-20H,6-7,9,13-18H2,1-5H3. The van der Waals surface area contributed by atoms with Crippen LogP contribution in [0.4, 0.5) is 4.79 Å². The lowest BCUT2D eigenvalue weighted by atomic mass is 9.91. The Morgan fingerprint density at radius 1 is 1.21 bits per heavy atom. The first-order valence-corrected chi connectivity index (χ1v) is 12.4. The van der Waals surface area contributed by atoms with Gasteiger partial charge >= 0.3 is 6.09 Å². The molecule has 0 radical (unpaired) electrons. The highest BCUT2D eigenvalue weighted by molar-refractivity contribution is 5.86. The van der Waals surface area contributed by atoms with Crippen LogP contribution in [0.25, 0.3) is 17.0 Å². The maximum absolute atomic E-state index is 12.3. The normalized spacial score (nSPS) is 18.1. The number of benzene rings is 1. The fourth-order valence-electron chi connectivity index (χ4n) is 4.54. The van der Waals surface area contributed by atoms with E-state index in [1.54, 1.807) is 0 Å². The zero-order valence-electron chi connectivity index (χ0n) is 20.9. The number of piperidine rings is 1. The Morgan fingerprint density at radius 2 is 1.94 bits per heavy atom. The molecule has 2 aromatic rings. The summed E-state index contributed by atoms with van der Waals surface area (Å²) >= 11 is 0. The number of nitrogens with zero attached hydrogens (tertiary/aromatic N) is 3. The van der Waals surface area contributed by atoms with Gasteiger partial charge in [0.1, 0.15) is 5.60 Å². The molecule has 0 N–H and O–H groups in total. The van der Waals surface area contributed by atoms with Crippen LogP contribution in [0, 0.1) is 11.8 Å². The highest BCUT2D eigenvalue weighted by Gasteiger charge is 2.27. The first-order valence-electron chi connectivity index (χ1n) is 12.4. The van der Waals surface area contributed by atoms with E-state index in [4.69, 9.17) is 9.26 Å². The maximum Gasteiger partial charge on any atom is 0.410 e. The molecule has 33 heavy (non-hydrogen) atoms. The Balaban J connectivity index is 1.39. The average Bonchev–Trinajstić information content (AvgIpc) is 3.48. The molecule has 1 saturated heterocycles. The first-order chi connectivity index (χ1) is 15.7. The monoisotopic (exact) mass is 453 g/mol. The summed E-state index contributed by atoms with van der Waals surface area (Å²) in [5.74, 6) is 1.34. The fourth-order valence-corrected chi connectivity index (χ4v) is 4.54. The second-order valence-corrected chi connectivity index (χ2v) is 11.0. The van der Waals surface area contributed by atoms with Crippen LogP contribution in [-0.2, 0) is 17.7 Å². The number of carbonyl (C=O) groups is 1. The van der Waals surface area contributed by atoms with Crippen LogP contribution >= 0.6 is 0 Å². The van der Waals surface area contributed by atoms with E-state index in [1.807, 2.05) is 25.7 Å². The van der Waals surface area contributed by atoms with Crippen molar-refractivity contribution in [3.63, 3.8) is 0 Å². The van der Waals surface area contributed by atoms with E-state index in [0.29, 0.717) is 5.92 Å². The number of ether oxygens (including phenoxy) is 1. The molecule has 1 saturated carbocycles. The summed E-state index contributed by atoms with van der Waals surface area (Å²) in [4.78, 5) is 16.3. The summed E-state index contributed by atoms with van der Waals surface area (Å²) in [5, 5.41) is 5.62. The summed E-state index contributed by atoms with van der Waals surface area (Å²) in [6.45, 7) is 8.10. The lowest BCUT2D eigenvalue weighted by Gasteiger charge is -2.33. The molecule has 0 bridgehead atoms. The van der Waals surface area contributed by atoms with Crippen molar-refractivity contribution in [3.05, 3.63) is 35.0 Å². The topological polar surface area (TPSA) is 58.8 Å². The molecule has 6 nitrogen and oxygen atoms in total. The van der Waals surface area contributed by atoms with E-state index in [-0.39, 0.29) is 6.09 Å². The maximum atomic E-state index is 12.3. The minimum absolute atomic E-state index is 0.191. The molecule has 1 aromatic heterocycles. The zero-order valence-corrected chi connectivity index (χ0v) is 20.9. The number of fused-ring (bicyclic) bond motifs is 1. The number of hydrogen-bond acceptors (Lipinski definition) is 5. The molecule has 1 aromatic carbocycles. The van der Waals surface area contributed by atoms with Gasteiger partial charge in [0, 0.05) is 30.6 Å². The van der Waals surface area contributed by atoms with E-state index in [2.05, 4.69) is 48.4 Å². The number of carbonyl (C=O) groups excluding carboxylic acids is 1. The van der Waals surface area contributed by atoms with Crippen molar-refractivity contribution in [1.82, 2.24) is 15.0 Å². The number of likely N-dealkylation sites (tertiary alicyclic amines) is 1. The third-order valence-electron chi connectivity index (χ3n) is 6.55. The van der Waals surface area contributed by atoms with Crippen molar-refractivity contribution >= 4 is 23.1 Å². The van der Waals surface area contributed by atoms with Crippen LogP contribution in [-0.4, -0.2) is 53.8 Å². The third-order valence-corrected chi connectivity index (χ3v) is 6.55. The molecule has 2 aliphatic rings. The van der Waals surface area contributed by atoms with Gasteiger partial charge in [0.05, 0.1) is 5.69 Å². The highest BCUT2D eigenvalue weighted by atomic mass is 16.6. The summed E-state index contributed by atoms with van der Waals surface area (Å²) in [6, 6.07) is 4.40. The Hall–Kier alpha value is -2.34. The molecule has 0 atom stereocenters. The molecule has 0 unspecified atom stereocenters. The molecule has 6 heteroatoms. The van der Waals surface area contributed by atoms with E-state index in [1.165, 1.54) is 24.0 Å². The van der Waals surface area contributed by atoms with Crippen molar-refractivity contribution in [2.24, 2.45) is 11.8 Å². The van der Waals surface area contributed by atoms with Gasteiger partial charge < -0.3 is 19.1 Å². The first kappa shape index (κ1) is 23.8. The van der Waals surface area contributed by atoms with E-state index in [0.717, 1.165) is 67.9 Å². The van der Waals surface area contributed by atoms with Crippen molar-refractivity contribution in [3.8, 4) is 0 Å². The molecule has 1 aliphatic heterocycles. The van der Waals surface area contributed by atoms with Gasteiger partial charge in [-0.25, -0.2) is 4.79 Å². The minimum atomic E-state index is -0.444. The number of allylic oxidation sites excluding steroid dienone is 1. The summed E-state index contributed by atoms with van der Waals surface area (Å²) in [5.41, 5.74) is 3.99. The second-order valence-electron chi connectivity index (χ2n) is 11.0. The summed E-state index contributed by atoms with van der Waals surface area (Å²) in [6.07, 6.45) is 11.0. The van der Waals surface area contributed by atoms with Gasteiger partial charge in [-0.05, 0) is 96.9 Å². The largest absolute Gasteiger partial charge is 0.444 e. The summed E-state index contributed by atoms with van der Waals surface area (Å²) in [7, 11) is 4.18. The summed E-state index contributed by atoms with van der Waals surface area (Å²) < 4.78 is 11.4. The van der Waals surface area contributed by atoms with Crippen LogP contribution < -0.4 is 0 Å². The van der Waals surface area contributed by atoms with Crippen LogP contribution in [0.1, 0.15) is 69.7 Å². The molecule has 1 amide bonds. The lowest BCUT2D eigenvalue weighted by molar-refractivity contribution is 0.0181. The number of aromatic nitrogens is 1. The molecule has 180 valence electrons. The van der Waals surface area contributed by atoms with Gasteiger partial charge in [-0.2, -0.15) is 0 Å². The predicted octanol–water partition coefficient (Wildman–Crippen LogP) is 5.89. The van der Waals surface area contributed by atoms with Gasteiger partial charge in [0.15, 0.2) is 5.58 Å². The molecular weight excluding hydrogens is 414 g/mol. The van der Waals surface area contributed by atoms with Gasteiger partial charge in [0.25, 0.3) is 0 Å². The fraction of sp³-hybridized carbons (Fsp3) is 0.630. The van der Waals surface area contributed by atoms with Gasteiger partial charge in [-0.3, -0.25) is 0 Å². The van der Waals surface area contributed by atoms with Crippen molar-refractivity contribution in [2.75, 3.05) is 27.2 Å².